The Kier molecular flexibility index (Phi) is 1.90. The van der Waals surface area contributed by atoms with Crippen LogP contribution in [0, 0.1) is 5.41 Å². The highest BCUT2D eigenvalue weighted by Gasteiger charge is 2.85. The molecule has 0 aromatic carbocycles. The number of fused-ring (bicyclic) bond motifs is 2. The van der Waals surface area contributed by atoms with Crippen LogP contribution in [-0.2, 0) is 14.3 Å². The summed E-state index contributed by atoms with van der Waals surface area (Å²) in [6.07, 6.45) is 5.75. The van der Waals surface area contributed by atoms with Gasteiger partial charge in [-0.15, -0.1) is 0 Å². The van der Waals surface area contributed by atoms with Crippen LogP contribution in [0.1, 0.15) is 40.5 Å². The van der Waals surface area contributed by atoms with Gasteiger partial charge in [0.05, 0.1) is 6.61 Å². The maximum atomic E-state index is 11.2. The van der Waals surface area contributed by atoms with Gasteiger partial charge in [0.25, 0.3) is 0 Å². The predicted molar refractivity (Wildman–Crippen MR) is 63.7 cm³/mol. The summed E-state index contributed by atoms with van der Waals surface area (Å²) in [6, 6.07) is 0. The van der Waals surface area contributed by atoms with Gasteiger partial charge in [0.15, 0.2) is 5.78 Å². The van der Waals surface area contributed by atoms with Crippen LogP contribution in [0.15, 0.2) is 12.2 Å². The number of carbonyl (C=O) groups is 1. The summed E-state index contributed by atoms with van der Waals surface area (Å²) in [6.45, 7) is 8.95. The predicted octanol–water partition coefficient (Wildman–Crippen LogP) is 2.25. The number of hydrogen-bond donors (Lipinski definition) is 0. The average molecular weight is 236 g/mol. The summed E-state index contributed by atoms with van der Waals surface area (Å²) >= 11 is 0. The molecule has 2 aliphatic heterocycles. The number of carbonyl (C=O) groups excluding carboxylic acids is 1. The summed E-state index contributed by atoms with van der Waals surface area (Å²) in [5, 5.41) is 0. The van der Waals surface area contributed by atoms with Crippen LogP contribution in [0.5, 0.6) is 0 Å². The molecule has 0 amide bonds. The maximum absolute atomic E-state index is 11.2. The molecule has 2 heterocycles. The number of epoxide rings is 2. The molecule has 0 aromatic heterocycles. The van der Waals surface area contributed by atoms with Gasteiger partial charge in [-0.05, 0) is 38.8 Å². The fraction of sp³-hybridized carbons (Fsp3) is 0.786. The summed E-state index contributed by atoms with van der Waals surface area (Å²) < 4.78 is 11.8. The third-order valence-corrected chi connectivity index (χ3v) is 5.11. The Balaban J connectivity index is 1.99. The normalized spacial score (nSPS) is 50.4. The first-order valence-electron chi connectivity index (χ1n) is 6.33. The van der Waals surface area contributed by atoms with Gasteiger partial charge >= 0.3 is 0 Å². The van der Waals surface area contributed by atoms with Gasteiger partial charge in [0, 0.05) is 5.41 Å². The molecule has 3 fully saturated rings. The highest BCUT2D eigenvalue weighted by atomic mass is 16.7. The molecular formula is C14H20O3. The third-order valence-electron chi connectivity index (χ3n) is 5.11. The Morgan fingerprint density at radius 3 is 2.41 bits per heavy atom. The topological polar surface area (TPSA) is 42.1 Å². The minimum atomic E-state index is -0.319. The van der Waals surface area contributed by atoms with Crippen LogP contribution >= 0.6 is 0 Å². The highest BCUT2D eigenvalue weighted by molar-refractivity contribution is 5.87. The number of hydrogen-bond acceptors (Lipinski definition) is 3. The second-order valence-electron chi connectivity index (χ2n) is 6.48. The Morgan fingerprint density at radius 1 is 1.24 bits per heavy atom. The monoisotopic (exact) mass is 236 g/mol. The van der Waals surface area contributed by atoms with Crippen LogP contribution < -0.4 is 0 Å². The van der Waals surface area contributed by atoms with Crippen molar-refractivity contribution in [3.63, 3.8) is 0 Å². The molecule has 3 rings (SSSR count). The molecular weight excluding hydrogens is 216 g/mol. The molecule has 0 aromatic rings. The quantitative estimate of drug-likeness (QED) is 0.545. The highest BCUT2D eigenvalue weighted by Crippen LogP contribution is 2.73. The lowest BCUT2D eigenvalue weighted by molar-refractivity contribution is -0.112. The number of rotatable bonds is 2. The van der Waals surface area contributed by atoms with E-state index in [0.29, 0.717) is 0 Å². The van der Waals surface area contributed by atoms with Gasteiger partial charge in [-0.2, -0.15) is 0 Å². The standard InChI is InChI=1S/C14H20O3/c1-10(15)5-6-14-11(2,3)7-8-13(9-16-13)12(14,4)17-14/h5-6H,7-9H2,1-4H3/b6-5+/t12-,13-,14+/m0/s1. The number of allylic oxidation sites excluding steroid dienone is 1. The van der Waals surface area contributed by atoms with Crippen LogP contribution in [0.4, 0.5) is 0 Å². The first kappa shape index (κ1) is 11.4. The Morgan fingerprint density at radius 2 is 1.88 bits per heavy atom. The molecule has 1 aliphatic carbocycles. The van der Waals surface area contributed by atoms with Crippen LogP contribution in [0.3, 0.4) is 0 Å². The van der Waals surface area contributed by atoms with Gasteiger partial charge in [-0.1, -0.05) is 13.8 Å². The van der Waals surface area contributed by atoms with Crippen molar-refractivity contribution in [1.29, 1.82) is 0 Å². The van der Waals surface area contributed by atoms with E-state index in [2.05, 4.69) is 20.8 Å². The van der Waals surface area contributed by atoms with Gasteiger partial charge in [0.2, 0.25) is 0 Å². The first-order chi connectivity index (χ1) is 7.79. The van der Waals surface area contributed by atoms with E-state index in [-0.39, 0.29) is 28.0 Å². The molecule has 94 valence electrons. The van der Waals surface area contributed by atoms with Crippen molar-refractivity contribution in [2.75, 3.05) is 6.61 Å². The lowest BCUT2D eigenvalue weighted by atomic mass is 9.60. The molecule has 3 atom stereocenters. The molecule has 1 saturated carbocycles. The molecule has 2 saturated heterocycles. The molecule has 0 N–H and O–H groups in total. The summed E-state index contributed by atoms with van der Waals surface area (Å²) in [4.78, 5) is 11.2. The first-order valence-corrected chi connectivity index (χ1v) is 6.33. The van der Waals surface area contributed by atoms with Crippen molar-refractivity contribution in [3.05, 3.63) is 12.2 Å². The van der Waals surface area contributed by atoms with Crippen LogP contribution in [-0.4, -0.2) is 29.2 Å². The molecule has 3 aliphatic rings. The minimum Gasteiger partial charge on any atom is -0.366 e. The smallest absolute Gasteiger partial charge is 0.152 e. The van der Waals surface area contributed by atoms with Gasteiger partial charge in [-0.3, -0.25) is 4.79 Å². The van der Waals surface area contributed by atoms with Crippen LogP contribution in [0.2, 0.25) is 0 Å². The number of ketones is 1. The van der Waals surface area contributed by atoms with Crippen molar-refractivity contribution in [1.82, 2.24) is 0 Å². The zero-order chi connectivity index (χ0) is 12.5. The fourth-order valence-electron chi connectivity index (χ4n) is 3.61. The van der Waals surface area contributed by atoms with Crippen LogP contribution in [0.25, 0.3) is 0 Å². The molecule has 3 heteroatoms. The van der Waals surface area contributed by atoms with Gasteiger partial charge in [0.1, 0.15) is 16.8 Å². The van der Waals surface area contributed by atoms with E-state index >= 15 is 0 Å². The molecule has 17 heavy (non-hydrogen) atoms. The fourth-order valence-corrected chi connectivity index (χ4v) is 3.61. The van der Waals surface area contributed by atoms with Crippen molar-refractivity contribution in [2.24, 2.45) is 5.41 Å². The average Bonchev–Trinajstić information content (AvgIpc) is 3.07. The van der Waals surface area contributed by atoms with E-state index in [4.69, 9.17) is 9.47 Å². The second kappa shape index (κ2) is 2.83. The van der Waals surface area contributed by atoms with E-state index in [1.807, 2.05) is 6.08 Å². The zero-order valence-corrected chi connectivity index (χ0v) is 11.0. The van der Waals surface area contributed by atoms with Crippen molar-refractivity contribution in [2.45, 2.75) is 57.3 Å². The molecule has 1 spiro atoms. The molecule has 0 bridgehead atoms. The molecule has 0 radical (unpaired) electrons. The van der Waals surface area contributed by atoms with Gasteiger partial charge < -0.3 is 9.47 Å². The van der Waals surface area contributed by atoms with Crippen molar-refractivity contribution in [3.8, 4) is 0 Å². The summed E-state index contributed by atoms with van der Waals surface area (Å²) in [5.74, 6) is 0.0735. The zero-order valence-electron chi connectivity index (χ0n) is 11.0. The van der Waals surface area contributed by atoms with E-state index in [9.17, 15) is 4.79 Å². The van der Waals surface area contributed by atoms with E-state index in [1.165, 1.54) is 0 Å². The van der Waals surface area contributed by atoms with E-state index in [1.54, 1.807) is 13.0 Å². The van der Waals surface area contributed by atoms with Crippen molar-refractivity contribution >= 4 is 5.78 Å². The lowest BCUT2D eigenvalue weighted by Crippen LogP contribution is -2.50. The Labute approximate surface area is 102 Å². The van der Waals surface area contributed by atoms with E-state index in [0.717, 1.165) is 19.4 Å². The van der Waals surface area contributed by atoms with E-state index < -0.39 is 0 Å². The maximum Gasteiger partial charge on any atom is 0.152 e. The second-order valence-corrected chi connectivity index (χ2v) is 6.48. The summed E-state index contributed by atoms with van der Waals surface area (Å²) in [5.41, 5.74) is -0.581. The SMILES string of the molecule is CC(=O)/C=C/[C@]12O[C@@]1(C)[C@]1(CCC2(C)C)CO1. The van der Waals surface area contributed by atoms with Crippen molar-refractivity contribution < 1.29 is 14.3 Å². The Hall–Kier alpha value is -0.670. The minimum absolute atomic E-state index is 0.0604. The Bertz CT molecular complexity index is 419. The molecule has 3 nitrogen and oxygen atoms in total. The lowest BCUT2D eigenvalue weighted by Gasteiger charge is -2.39. The number of ether oxygens (including phenoxy) is 2. The summed E-state index contributed by atoms with van der Waals surface area (Å²) in [7, 11) is 0. The third kappa shape index (κ3) is 1.17. The largest absolute Gasteiger partial charge is 0.366 e. The van der Waals surface area contributed by atoms with Gasteiger partial charge in [-0.25, -0.2) is 0 Å². The molecule has 0 unspecified atom stereocenters.